The summed E-state index contributed by atoms with van der Waals surface area (Å²) in [5.41, 5.74) is 2.58. The minimum atomic E-state index is -0.315. The van der Waals surface area contributed by atoms with E-state index in [1.54, 1.807) is 0 Å². The zero-order chi connectivity index (χ0) is 19.6. The van der Waals surface area contributed by atoms with Gasteiger partial charge in [-0.3, -0.25) is 9.69 Å². The van der Waals surface area contributed by atoms with Crippen LogP contribution in [0.4, 0.5) is 0 Å². The number of hydrogen-bond donors (Lipinski definition) is 1. The van der Waals surface area contributed by atoms with Crippen LogP contribution in [-0.2, 0) is 11.3 Å². The minimum absolute atomic E-state index is 0.0404. The van der Waals surface area contributed by atoms with Gasteiger partial charge in [-0.2, -0.15) is 0 Å². The number of benzene rings is 2. The van der Waals surface area contributed by atoms with Crippen molar-refractivity contribution < 1.29 is 14.3 Å². The molecule has 0 radical (unpaired) electrons. The zero-order valence-corrected chi connectivity index (χ0v) is 16.6. The highest BCUT2D eigenvalue weighted by molar-refractivity contribution is 5.94. The van der Waals surface area contributed by atoms with E-state index in [1.807, 2.05) is 42.5 Å². The lowest BCUT2D eigenvalue weighted by Gasteiger charge is -2.37. The van der Waals surface area contributed by atoms with Gasteiger partial charge in [-0.05, 0) is 37.6 Å². The molecule has 0 aliphatic carbocycles. The SMILES string of the molecule is CC1(C)CC(NC(=O)c2cccc(CN3CCOCC3)c2)c2ccccc2O1. The highest BCUT2D eigenvalue weighted by Gasteiger charge is 2.34. The number of morpholine rings is 1. The van der Waals surface area contributed by atoms with Crippen LogP contribution in [-0.4, -0.2) is 42.7 Å². The molecule has 1 atom stereocenters. The fourth-order valence-corrected chi connectivity index (χ4v) is 4.00. The molecule has 2 heterocycles. The predicted molar refractivity (Wildman–Crippen MR) is 109 cm³/mol. The summed E-state index contributed by atoms with van der Waals surface area (Å²) in [6.07, 6.45) is 0.739. The van der Waals surface area contributed by atoms with Crippen LogP contribution in [0.1, 0.15) is 47.8 Å². The Balaban J connectivity index is 1.48. The van der Waals surface area contributed by atoms with Crippen molar-refractivity contribution in [1.29, 1.82) is 0 Å². The van der Waals surface area contributed by atoms with Crippen LogP contribution in [0, 0.1) is 0 Å². The van der Waals surface area contributed by atoms with Gasteiger partial charge in [-0.1, -0.05) is 30.3 Å². The van der Waals surface area contributed by atoms with Crippen LogP contribution in [0.5, 0.6) is 5.75 Å². The molecule has 2 aliphatic rings. The van der Waals surface area contributed by atoms with Crippen molar-refractivity contribution in [3.63, 3.8) is 0 Å². The van der Waals surface area contributed by atoms with Gasteiger partial charge in [-0.25, -0.2) is 0 Å². The Labute approximate surface area is 166 Å². The Hall–Kier alpha value is -2.37. The quantitative estimate of drug-likeness (QED) is 0.881. The second-order valence-electron chi connectivity index (χ2n) is 8.22. The molecule has 1 amide bonds. The number of ether oxygens (including phenoxy) is 2. The van der Waals surface area contributed by atoms with Gasteiger partial charge in [0.1, 0.15) is 11.4 Å². The highest BCUT2D eigenvalue weighted by atomic mass is 16.5. The average Bonchev–Trinajstić information content (AvgIpc) is 2.68. The maximum atomic E-state index is 13.0. The van der Waals surface area contributed by atoms with Gasteiger partial charge in [0.2, 0.25) is 0 Å². The number of amides is 1. The summed E-state index contributed by atoms with van der Waals surface area (Å²) in [5, 5.41) is 3.23. The first kappa shape index (κ1) is 19.0. The molecule has 2 aromatic rings. The van der Waals surface area contributed by atoms with E-state index in [4.69, 9.17) is 9.47 Å². The number of nitrogens with one attached hydrogen (secondary N) is 1. The lowest BCUT2D eigenvalue weighted by Crippen LogP contribution is -2.41. The molecule has 28 heavy (non-hydrogen) atoms. The van der Waals surface area contributed by atoms with Crippen molar-refractivity contribution in [2.24, 2.45) is 0 Å². The summed E-state index contributed by atoms with van der Waals surface area (Å²) in [5.74, 6) is 0.812. The largest absolute Gasteiger partial charge is 0.487 e. The Morgan fingerprint density at radius 3 is 2.75 bits per heavy atom. The Morgan fingerprint density at radius 2 is 1.93 bits per heavy atom. The molecular weight excluding hydrogens is 352 g/mol. The van der Waals surface area contributed by atoms with E-state index >= 15 is 0 Å². The molecular formula is C23H28N2O3. The van der Waals surface area contributed by atoms with Gasteiger partial charge in [0.05, 0.1) is 19.3 Å². The van der Waals surface area contributed by atoms with Gasteiger partial charge in [-0.15, -0.1) is 0 Å². The molecule has 5 nitrogen and oxygen atoms in total. The van der Waals surface area contributed by atoms with Crippen molar-refractivity contribution >= 4 is 5.91 Å². The van der Waals surface area contributed by atoms with Gasteiger partial charge >= 0.3 is 0 Å². The Morgan fingerprint density at radius 1 is 1.14 bits per heavy atom. The first-order chi connectivity index (χ1) is 13.5. The Kier molecular flexibility index (Phi) is 5.38. The number of fused-ring (bicyclic) bond motifs is 1. The van der Waals surface area contributed by atoms with E-state index in [0.717, 1.165) is 56.1 Å². The molecule has 0 aromatic heterocycles. The molecule has 0 bridgehead atoms. The lowest BCUT2D eigenvalue weighted by atomic mass is 9.89. The lowest BCUT2D eigenvalue weighted by molar-refractivity contribution is 0.0341. The van der Waals surface area contributed by atoms with E-state index in [-0.39, 0.29) is 17.6 Å². The molecule has 2 aliphatic heterocycles. The zero-order valence-electron chi connectivity index (χ0n) is 16.6. The fraction of sp³-hybridized carbons (Fsp3) is 0.435. The average molecular weight is 380 g/mol. The molecule has 4 rings (SSSR count). The molecule has 1 saturated heterocycles. The summed E-state index contributed by atoms with van der Waals surface area (Å²) in [7, 11) is 0. The normalized spacial score (nSPS) is 21.4. The minimum Gasteiger partial charge on any atom is -0.487 e. The van der Waals surface area contributed by atoms with E-state index in [2.05, 4.69) is 30.1 Å². The smallest absolute Gasteiger partial charge is 0.251 e. The number of hydrogen-bond acceptors (Lipinski definition) is 4. The summed E-state index contributed by atoms with van der Waals surface area (Å²) in [6.45, 7) is 8.39. The summed E-state index contributed by atoms with van der Waals surface area (Å²) >= 11 is 0. The highest BCUT2D eigenvalue weighted by Crippen LogP contribution is 2.39. The van der Waals surface area contributed by atoms with E-state index in [0.29, 0.717) is 5.56 Å². The number of rotatable bonds is 4. The maximum absolute atomic E-state index is 13.0. The van der Waals surface area contributed by atoms with Crippen molar-refractivity contribution in [2.75, 3.05) is 26.3 Å². The molecule has 148 valence electrons. The number of carbonyl (C=O) groups excluding carboxylic acids is 1. The van der Waals surface area contributed by atoms with Crippen LogP contribution in [0.15, 0.2) is 48.5 Å². The molecule has 2 aromatic carbocycles. The van der Waals surface area contributed by atoms with E-state index in [9.17, 15) is 4.79 Å². The van der Waals surface area contributed by atoms with Crippen LogP contribution in [0.3, 0.4) is 0 Å². The second kappa shape index (κ2) is 7.94. The van der Waals surface area contributed by atoms with Crippen molar-refractivity contribution in [3.8, 4) is 5.75 Å². The maximum Gasteiger partial charge on any atom is 0.251 e. The van der Waals surface area contributed by atoms with Gasteiger partial charge < -0.3 is 14.8 Å². The Bertz CT molecular complexity index is 843. The van der Waals surface area contributed by atoms with Crippen LogP contribution >= 0.6 is 0 Å². The van der Waals surface area contributed by atoms with Crippen molar-refractivity contribution in [1.82, 2.24) is 10.2 Å². The molecule has 1 unspecified atom stereocenters. The van der Waals surface area contributed by atoms with Crippen molar-refractivity contribution in [2.45, 2.75) is 38.5 Å². The standard InChI is InChI=1S/C23H28N2O3/c1-23(2)15-20(19-8-3-4-9-21(19)28-23)24-22(26)18-7-5-6-17(14-18)16-25-10-12-27-13-11-25/h3-9,14,20H,10-13,15-16H2,1-2H3,(H,24,26). The summed E-state index contributed by atoms with van der Waals surface area (Å²) in [4.78, 5) is 15.4. The third-order valence-electron chi connectivity index (χ3n) is 5.38. The number of carbonyl (C=O) groups is 1. The molecule has 0 spiro atoms. The third kappa shape index (κ3) is 4.37. The van der Waals surface area contributed by atoms with Gasteiger partial charge in [0.25, 0.3) is 5.91 Å². The van der Waals surface area contributed by atoms with Crippen LogP contribution < -0.4 is 10.1 Å². The third-order valence-corrected chi connectivity index (χ3v) is 5.38. The topological polar surface area (TPSA) is 50.8 Å². The molecule has 1 fully saturated rings. The predicted octanol–water partition coefficient (Wildman–Crippen LogP) is 3.55. The van der Waals surface area contributed by atoms with Crippen molar-refractivity contribution in [3.05, 3.63) is 65.2 Å². The van der Waals surface area contributed by atoms with Crippen LogP contribution in [0.2, 0.25) is 0 Å². The van der Waals surface area contributed by atoms with Crippen LogP contribution in [0.25, 0.3) is 0 Å². The molecule has 5 heteroatoms. The first-order valence-electron chi connectivity index (χ1n) is 9.98. The number of nitrogens with zero attached hydrogens (tertiary/aromatic N) is 1. The van der Waals surface area contributed by atoms with E-state index in [1.165, 1.54) is 0 Å². The summed E-state index contributed by atoms with van der Waals surface area (Å²) < 4.78 is 11.5. The van der Waals surface area contributed by atoms with E-state index < -0.39 is 0 Å². The molecule has 1 N–H and O–H groups in total. The van der Waals surface area contributed by atoms with Gasteiger partial charge in [0, 0.05) is 37.2 Å². The van der Waals surface area contributed by atoms with Gasteiger partial charge in [0.15, 0.2) is 0 Å². The second-order valence-corrected chi connectivity index (χ2v) is 8.22. The monoisotopic (exact) mass is 380 g/mol. The molecule has 0 saturated carbocycles. The summed E-state index contributed by atoms with van der Waals surface area (Å²) in [6, 6.07) is 15.8. The fourth-order valence-electron chi connectivity index (χ4n) is 4.00. The number of para-hydroxylation sites is 1. The first-order valence-corrected chi connectivity index (χ1v) is 9.98.